The standard InChI is InChI=1S/C33H42N4O4S/c1-33(2,34)18-10-15-31(38)35(3)30(23-26-16-17-27-13-8-9-14-28(27)21-26)32(39)37-20-19-36(42(4,40)41)24-29(37)22-25-11-6-5-7-12-25/h5-17,21,29-30H,18-20,22-24,34H2,1-4H3/b15-10+/t29-,30-/m1/s1. The molecule has 1 fully saturated rings. The molecular weight excluding hydrogens is 548 g/mol. The largest absolute Gasteiger partial charge is 0.335 e. The molecule has 0 aliphatic carbocycles. The third-order valence-corrected chi connectivity index (χ3v) is 9.03. The van der Waals surface area contributed by atoms with Crippen molar-refractivity contribution in [3.8, 4) is 0 Å². The van der Waals surface area contributed by atoms with Crippen LogP contribution >= 0.6 is 0 Å². The summed E-state index contributed by atoms with van der Waals surface area (Å²) in [5, 5.41) is 2.16. The zero-order valence-electron chi connectivity index (χ0n) is 24.9. The molecule has 0 spiro atoms. The van der Waals surface area contributed by atoms with Gasteiger partial charge in [0.2, 0.25) is 21.8 Å². The van der Waals surface area contributed by atoms with E-state index in [-0.39, 0.29) is 37.5 Å². The number of hydrogen-bond acceptors (Lipinski definition) is 5. The quantitative estimate of drug-likeness (QED) is 0.364. The van der Waals surface area contributed by atoms with E-state index in [1.54, 1.807) is 18.0 Å². The molecule has 0 saturated carbocycles. The molecule has 2 amide bonds. The van der Waals surface area contributed by atoms with Gasteiger partial charge in [-0.25, -0.2) is 8.42 Å². The first-order valence-corrected chi connectivity index (χ1v) is 16.2. The summed E-state index contributed by atoms with van der Waals surface area (Å²) in [6.45, 7) is 4.44. The maximum Gasteiger partial charge on any atom is 0.246 e. The maximum absolute atomic E-state index is 14.4. The number of carbonyl (C=O) groups excluding carboxylic acids is 2. The Labute approximate surface area is 249 Å². The van der Waals surface area contributed by atoms with Crippen LogP contribution in [0, 0.1) is 0 Å². The highest BCUT2D eigenvalue weighted by Crippen LogP contribution is 2.23. The third kappa shape index (κ3) is 8.27. The Morgan fingerprint density at radius 1 is 1.00 bits per heavy atom. The Kier molecular flexibility index (Phi) is 9.86. The van der Waals surface area contributed by atoms with Crippen molar-refractivity contribution in [2.24, 2.45) is 5.73 Å². The van der Waals surface area contributed by atoms with Crippen LogP contribution in [-0.4, -0.2) is 84.9 Å². The lowest BCUT2D eigenvalue weighted by Gasteiger charge is -2.43. The minimum atomic E-state index is -3.43. The van der Waals surface area contributed by atoms with Gasteiger partial charge in [-0.2, -0.15) is 4.31 Å². The number of carbonyl (C=O) groups is 2. The number of fused-ring (bicyclic) bond motifs is 1. The van der Waals surface area contributed by atoms with Crippen molar-refractivity contribution in [3.63, 3.8) is 0 Å². The Bertz CT molecular complexity index is 1530. The first kappa shape index (κ1) is 31.4. The number of piperazine rings is 1. The van der Waals surface area contributed by atoms with Crippen molar-refractivity contribution >= 4 is 32.6 Å². The van der Waals surface area contributed by atoms with Gasteiger partial charge < -0.3 is 15.5 Å². The molecule has 0 radical (unpaired) electrons. The molecule has 1 aliphatic heterocycles. The lowest BCUT2D eigenvalue weighted by atomic mass is 9.97. The topological polar surface area (TPSA) is 104 Å². The average Bonchev–Trinajstić information content (AvgIpc) is 2.94. The van der Waals surface area contributed by atoms with Gasteiger partial charge >= 0.3 is 0 Å². The van der Waals surface area contributed by atoms with Crippen LogP contribution in [-0.2, 0) is 32.5 Å². The molecular formula is C33H42N4O4S. The fourth-order valence-corrected chi connectivity index (χ4v) is 6.24. The van der Waals surface area contributed by atoms with Crippen molar-refractivity contribution < 1.29 is 18.0 Å². The first-order valence-electron chi connectivity index (χ1n) is 14.3. The second kappa shape index (κ2) is 13.2. The Morgan fingerprint density at radius 3 is 2.33 bits per heavy atom. The molecule has 0 bridgehead atoms. The molecule has 224 valence electrons. The van der Waals surface area contributed by atoms with Crippen LogP contribution in [0.3, 0.4) is 0 Å². The zero-order valence-corrected chi connectivity index (χ0v) is 25.8. The number of nitrogens with zero attached hydrogens (tertiary/aromatic N) is 3. The van der Waals surface area contributed by atoms with E-state index >= 15 is 0 Å². The zero-order chi connectivity index (χ0) is 30.5. The second-order valence-electron chi connectivity index (χ2n) is 11.9. The molecule has 3 aromatic rings. The lowest BCUT2D eigenvalue weighted by Crippen LogP contribution is -2.61. The van der Waals surface area contributed by atoms with Crippen molar-refractivity contribution in [3.05, 3.63) is 96.1 Å². The van der Waals surface area contributed by atoms with E-state index in [4.69, 9.17) is 5.73 Å². The van der Waals surface area contributed by atoms with Crippen molar-refractivity contribution in [2.45, 2.75) is 50.7 Å². The molecule has 42 heavy (non-hydrogen) atoms. The van der Waals surface area contributed by atoms with Crippen LogP contribution in [0.1, 0.15) is 31.4 Å². The van der Waals surface area contributed by atoms with E-state index in [1.165, 1.54) is 21.5 Å². The van der Waals surface area contributed by atoms with Gasteiger partial charge in [0.05, 0.1) is 6.26 Å². The fraction of sp³-hybridized carbons (Fsp3) is 0.394. The molecule has 2 N–H and O–H groups in total. The van der Waals surface area contributed by atoms with Crippen LogP contribution in [0.4, 0.5) is 0 Å². The number of benzene rings is 3. The van der Waals surface area contributed by atoms with E-state index in [9.17, 15) is 18.0 Å². The summed E-state index contributed by atoms with van der Waals surface area (Å²) < 4.78 is 26.4. The van der Waals surface area contributed by atoms with Gasteiger partial charge in [-0.15, -0.1) is 0 Å². The number of likely N-dealkylation sites (N-methyl/N-ethyl adjacent to an activating group) is 1. The molecule has 2 atom stereocenters. The predicted octanol–water partition coefficient (Wildman–Crippen LogP) is 3.61. The van der Waals surface area contributed by atoms with Crippen LogP contribution in [0.25, 0.3) is 10.8 Å². The van der Waals surface area contributed by atoms with E-state index < -0.39 is 21.6 Å². The van der Waals surface area contributed by atoms with E-state index in [0.29, 0.717) is 19.3 Å². The highest BCUT2D eigenvalue weighted by Gasteiger charge is 2.38. The third-order valence-electron chi connectivity index (χ3n) is 7.76. The second-order valence-corrected chi connectivity index (χ2v) is 13.9. The SMILES string of the molecule is CN(C(=O)/C=C/CC(C)(C)N)[C@H](Cc1ccc2ccccc2c1)C(=O)N1CCN(S(C)(=O)=O)C[C@H]1Cc1ccccc1. The van der Waals surface area contributed by atoms with Gasteiger partial charge in [-0.1, -0.05) is 78.9 Å². The predicted molar refractivity (Wildman–Crippen MR) is 168 cm³/mol. The minimum Gasteiger partial charge on any atom is -0.335 e. The van der Waals surface area contributed by atoms with Crippen LogP contribution in [0.5, 0.6) is 0 Å². The van der Waals surface area contributed by atoms with Crippen LogP contribution in [0.2, 0.25) is 0 Å². The summed E-state index contributed by atoms with van der Waals surface area (Å²) in [5.41, 5.74) is 7.58. The summed E-state index contributed by atoms with van der Waals surface area (Å²) in [7, 11) is -1.77. The summed E-state index contributed by atoms with van der Waals surface area (Å²) in [5.74, 6) is -0.478. The molecule has 1 saturated heterocycles. The molecule has 4 rings (SSSR count). The molecule has 1 heterocycles. The smallest absolute Gasteiger partial charge is 0.246 e. The molecule has 0 aromatic heterocycles. The van der Waals surface area contributed by atoms with Gasteiger partial charge in [0.1, 0.15) is 6.04 Å². The Hall–Kier alpha value is -3.53. The highest BCUT2D eigenvalue weighted by molar-refractivity contribution is 7.88. The lowest BCUT2D eigenvalue weighted by molar-refractivity contribution is -0.145. The number of hydrogen-bond donors (Lipinski definition) is 1. The molecule has 8 nitrogen and oxygen atoms in total. The van der Waals surface area contributed by atoms with Gasteiger partial charge in [-0.05, 0) is 54.7 Å². The maximum atomic E-state index is 14.4. The van der Waals surface area contributed by atoms with Crippen LogP contribution in [0.15, 0.2) is 84.9 Å². The average molecular weight is 591 g/mol. The molecule has 9 heteroatoms. The number of nitrogens with two attached hydrogens (primary N) is 1. The monoisotopic (exact) mass is 590 g/mol. The van der Waals surface area contributed by atoms with Crippen molar-refractivity contribution in [1.82, 2.24) is 14.1 Å². The summed E-state index contributed by atoms with van der Waals surface area (Å²) in [6.07, 6.45) is 5.78. The normalized spacial score (nSPS) is 17.5. The van der Waals surface area contributed by atoms with E-state index in [1.807, 2.05) is 80.6 Å². The Morgan fingerprint density at radius 2 is 1.67 bits per heavy atom. The van der Waals surface area contributed by atoms with Gasteiger partial charge in [-0.3, -0.25) is 9.59 Å². The minimum absolute atomic E-state index is 0.194. The summed E-state index contributed by atoms with van der Waals surface area (Å²) in [6, 6.07) is 22.7. The Balaban J connectivity index is 1.66. The number of sulfonamides is 1. The molecule has 3 aromatic carbocycles. The van der Waals surface area contributed by atoms with Crippen molar-refractivity contribution in [2.75, 3.05) is 32.9 Å². The van der Waals surface area contributed by atoms with Gasteiger partial charge in [0.25, 0.3) is 0 Å². The first-order chi connectivity index (χ1) is 19.8. The fourth-order valence-electron chi connectivity index (χ4n) is 5.38. The van der Waals surface area contributed by atoms with Gasteiger partial charge in [0.15, 0.2) is 0 Å². The molecule has 1 aliphatic rings. The summed E-state index contributed by atoms with van der Waals surface area (Å²) >= 11 is 0. The van der Waals surface area contributed by atoms with E-state index in [2.05, 4.69) is 6.07 Å². The van der Waals surface area contributed by atoms with Gasteiger partial charge in [0, 0.05) is 44.7 Å². The number of rotatable bonds is 10. The molecule has 0 unspecified atom stereocenters. The highest BCUT2D eigenvalue weighted by atomic mass is 32.2. The summed E-state index contributed by atoms with van der Waals surface area (Å²) in [4.78, 5) is 31.1. The van der Waals surface area contributed by atoms with E-state index in [0.717, 1.165) is 21.9 Å². The van der Waals surface area contributed by atoms with Crippen molar-refractivity contribution in [1.29, 1.82) is 0 Å². The number of amides is 2. The van der Waals surface area contributed by atoms with Crippen LogP contribution < -0.4 is 5.73 Å².